The van der Waals surface area contributed by atoms with E-state index < -0.39 is 0 Å². The van der Waals surface area contributed by atoms with Gasteiger partial charge in [0.25, 0.3) is 0 Å². The van der Waals surface area contributed by atoms with Crippen molar-refractivity contribution in [3.63, 3.8) is 0 Å². The maximum atomic E-state index is 5.21. The summed E-state index contributed by atoms with van der Waals surface area (Å²) < 4.78 is 15.5. The van der Waals surface area contributed by atoms with E-state index in [1.54, 1.807) is 63.4 Å². The SMILES string of the molecule is CC.CC.CC.CC.CC.CC.CC.CC.CC.CC.CC.CC1=C(C)CC=C1.CC1=C(C)CC=CC1.CC1=C(C)CCC=C1.CC1=C(C)CN=C1.CC1=C(C)N=CSC1.CC1=C(C)NC=NC1.CC1=C(C)NC=NC1.CC1=C(C)OCCN1.CC1=C(C)OCCO1.CC1=C(C)SC=NC1.CC1=C(C)SCC1. The molecule has 14 heteroatoms. The molecular weight excluding hydrogens is 1370 g/mol. The summed E-state index contributed by atoms with van der Waals surface area (Å²) in [6.07, 6.45) is 26.0. The number of aliphatic imine (C=N–C) groups is 5. The Balaban J connectivity index is -0.000000103. The first-order chi connectivity index (χ1) is 51.3. The quantitative estimate of drug-likeness (QED) is 0.203. The first kappa shape index (κ1) is 125. The van der Waals surface area contributed by atoms with Crippen molar-refractivity contribution in [2.24, 2.45) is 25.0 Å². The third-order valence-electron chi connectivity index (χ3n) is 15.3. The standard InChI is InChI=1S/2C8H12.C7H10.2C6H10N2.C6H11NO.2C6H9NS.C6H9N.C6H10O2.C6H10S.11C2H6/c2*1-7-5-3-4-6-8(7)2;1-6-4-3-5-7(6)2;2*1-5-3-7-4-8-6(5)2;1-5-6(2)8-4-3-7-5;1-5-3-8-4-7-6(5)2;1-5-3-7-4-8-6(5)2;1-5-3-7-4-6(5)2;1-5-6(2)8-4-3-7-5;1-5-3-4-7-6(5)2;11*1-2/h3,5H,4,6H2,1-2H3;3-4H,5-6H2,1-2H3;3-4H,5H2,1-2H3;2*4H,3H2,1-2H3,(H,7,8);7H,3-4H2,1-2H3;2*4H,3H2,1-2H3;3H,4H2,1-2H3;3-4H2,1-2H3;3-4H2,1-2H3;11*1-2H3. The molecule has 0 fully saturated rings. The molecule has 3 N–H and O–H groups in total. The Kier molecular flexibility index (Phi) is 113. The fourth-order valence-electron chi connectivity index (χ4n) is 7.09. The smallest absolute Gasteiger partial charge is 0.130 e. The van der Waals surface area contributed by atoms with E-state index in [1.807, 2.05) is 216 Å². The predicted octanol–water partition coefficient (Wildman–Crippen LogP) is 30.8. The Bertz CT molecular complexity index is 2390. The zero-order valence-corrected chi connectivity index (χ0v) is 81.3. The topological polar surface area (TPSA) is 126 Å². The summed E-state index contributed by atoms with van der Waals surface area (Å²) in [5.74, 6) is 5.29. The van der Waals surface area contributed by atoms with Gasteiger partial charge < -0.3 is 30.2 Å². The lowest BCUT2D eigenvalue weighted by atomic mass is 10.0. The lowest BCUT2D eigenvalue weighted by Crippen LogP contribution is -2.24. The van der Waals surface area contributed by atoms with E-state index in [0.717, 1.165) is 68.1 Å². The molecule has 107 heavy (non-hydrogen) atoms. The fourth-order valence-corrected chi connectivity index (χ4v) is 9.49. The van der Waals surface area contributed by atoms with E-state index in [2.05, 4.69) is 195 Å². The zero-order chi connectivity index (χ0) is 85.7. The minimum atomic E-state index is 0.698. The Morgan fingerprint density at radius 1 is 0.346 bits per heavy atom. The third-order valence-corrected chi connectivity index (χ3v) is 18.3. The van der Waals surface area contributed by atoms with Crippen LogP contribution < -0.4 is 16.0 Å². The van der Waals surface area contributed by atoms with E-state index in [9.17, 15) is 0 Å². The van der Waals surface area contributed by atoms with Gasteiger partial charge in [-0.2, -0.15) is 0 Å². The molecule has 11 aliphatic rings. The van der Waals surface area contributed by atoms with Gasteiger partial charge in [0, 0.05) is 47.1 Å². The van der Waals surface area contributed by atoms with Gasteiger partial charge in [-0.25, -0.2) is 0 Å². The molecule has 0 saturated heterocycles. The van der Waals surface area contributed by atoms with E-state index >= 15 is 0 Å². The average Bonchev–Trinajstić information content (AvgIpc) is 1.71. The number of thioether (sulfide) groups is 3. The van der Waals surface area contributed by atoms with Crippen LogP contribution in [0.1, 0.15) is 343 Å². The van der Waals surface area contributed by atoms with Gasteiger partial charge in [-0.05, 0) is 234 Å². The molecule has 0 radical (unpaired) electrons. The van der Waals surface area contributed by atoms with Crippen LogP contribution >= 0.6 is 35.3 Å². The predicted molar refractivity (Wildman–Crippen MR) is 509 cm³/mol. The van der Waals surface area contributed by atoms with Gasteiger partial charge in [-0.3, -0.25) is 25.0 Å². The van der Waals surface area contributed by atoms with Gasteiger partial charge in [-0.15, -0.1) is 23.5 Å². The lowest BCUT2D eigenvalue weighted by Gasteiger charge is -2.17. The molecule has 626 valence electrons. The van der Waals surface area contributed by atoms with E-state index in [0.29, 0.717) is 13.2 Å². The van der Waals surface area contributed by atoms with E-state index in [-0.39, 0.29) is 0 Å². The number of nitrogens with zero attached hydrogens (tertiary/aromatic N) is 5. The molecule has 0 atom stereocenters. The summed E-state index contributed by atoms with van der Waals surface area (Å²) in [5.41, 5.74) is 27.5. The van der Waals surface area contributed by atoms with Crippen LogP contribution in [-0.2, 0) is 14.2 Å². The Hall–Kier alpha value is -5.44. The van der Waals surface area contributed by atoms with Gasteiger partial charge in [0.2, 0.25) is 0 Å². The Morgan fingerprint density at radius 2 is 0.766 bits per heavy atom. The van der Waals surface area contributed by atoms with Crippen LogP contribution in [0.4, 0.5) is 0 Å². The monoisotopic (exact) mass is 1550 g/mol. The number of hydrogen-bond acceptors (Lipinski definition) is 14. The number of rotatable bonds is 0. The molecule has 11 nitrogen and oxygen atoms in total. The fraction of sp³-hybridized carbons (Fsp3) is 0.645. The van der Waals surface area contributed by atoms with Crippen LogP contribution in [0.5, 0.6) is 0 Å². The molecule has 0 saturated carbocycles. The van der Waals surface area contributed by atoms with Gasteiger partial charge in [-0.1, -0.05) is 240 Å². The Labute approximate surface area is 682 Å². The number of nitrogens with one attached hydrogen (secondary N) is 3. The summed E-state index contributed by atoms with van der Waals surface area (Å²) in [6, 6.07) is 0. The van der Waals surface area contributed by atoms with Crippen LogP contribution in [0.2, 0.25) is 0 Å². The highest BCUT2D eigenvalue weighted by molar-refractivity contribution is 8.15. The van der Waals surface area contributed by atoms with Crippen molar-refractivity contribution < 1.29 is 14.2 Å². The molecule has 8 heterocycles. The van der Waals surface area contributed by atoms with Crippen molar-refractivity contribution in [3.05, 3.63) is 159 Å². The molecule has 0 aromatic heterocycles. The van der Waals surface area contributed by atoms with Crippen LogP contribution in [0.3, 0.4) is 0 Å². The first-order valence-electron chi connectivity index (χ1n) is 41.2. The third kappa shape index (κ3) is 77.1. The molecule has 0 spiro atoms. The minimum absolute atomic E-state index is 0.698. The summed E-state index contributed by atoms with van der Waals surface area (Å²) in [5, 5.41) is 9.23. The molecule has 11 rings (SSSR count). The molecule has 0 bridgehead atoms. The molecule has 8 aliphatic heterocycles. The largest absolute Gasteiger partial charge is 0.495 e. The van der Waals surface area contributed by atoms with Crippen molar-refractivity contribution in [1.29, 1.82) is 0 Å². The molecule has 0 amide bonds. The van der Waals surface area contributed by atoms with Crippen LogP contribution in [0, 0.1) is 0 Å². The van der Waals surface area contributed by atoms with Crippen molar-refractivity contribution >= 4 is 65.3 Å². The highest BCUT2D eigenvalue weighted by Crippen LogP contribution is 2.29. The number of ether oxygens (including phenoxy) is 3. The molecular formula is C93H178N8O3S3. The summed E-state index contributed by atoms with van der Waals surface area (Å²) >= 11 is 5.46. The Morgan fingerprint density at radius 3 is 0.972 bits per heavy atom. The second kappa shape index (κ2) is 96.6. The second-order valence-electron chi connectivity index (χ2n) is 22.4. The second-order valence-corrected chi connectivity index (χ2v) is 25.6. The molecule has 3 aliphatic carbocycles. The van der Waals surface area contributed by atoms with Crippen molar-refractivity contribution in [3.8, 4) is 0 Å². The van der Waals surface area contributed by atoms with E-state index in [4.69, 9.17) is 14.2 Å². The van der Waals surface area contributed by atoms with Crippen LogP contribution in [-0.4, -0.2) is 94.0 Å². The van der Waals surface area contributed by atoms with E-state index in [1.165, 1.54) is 116 Å². The van der Waals surface area contributed by atoms with Crippen molar-refractivity contribution in [1.82, 2.24) is 16.0 Å². The highest BCUT2D eigenvalue weighted by atomic mass is 32.2. The van der Waals surface area contributed by atoms with Gasteiger partial charge in [0.05, 0.1) is 49.9 Å². The zero-order valence-electron chi connectivity index (χ0n) is 78.9. The van der Waals surface area contributed by atoms with Crippen LogP contribution in [0.25, 0.3) is 0 Å². The van der Waals surface area contributed by atoms with Crippen molar-refractivity contribution in [2.45, 2.75) is 343 Å². The number of allylic oxidation sites excluding steroid dienone is 23. The first-order valence-corrected chi connectivity index (χ1v) is 44.1. The maximum absolute atomic E-state index is 5.21. The maximum Gasteiger partial charge on any atom is 0.130 e. The molecule has 0 aromatic carbocycles. The average molecular weight is 1550 g/mol. The summed E-state index contributed by atoms with van der Waals surface area (Å²) in [4.78, 5) is 23.2. The van der Waals surface area contributed by atoms with Crippen LogP contribution in [0.15, 0.2) is 184 Å². The molecule has 0 unspecified atom stereocenters. The number of hydrogen-bond donors (Lipinski definition) is 3. The molecule has 0 aromatic rings. The van der Waals surface area contributed by atoms with Gasteiger partial charge >= 0.3 is 0 Å². The normalized spacial score (nSPS) is 16.2. The summed E-state index contributed by atoms with van der Waals surface area (Å²) in [7, 11) is 0. The van der Waals surface area contributed by atoms with Crippen molar-refractivity contribution in [2.75, 3.05) is 64.1 Å². The minimum Gasteiger partial charge on any atom is -0.495 e. The highest BCUT2D eigenvalue weighted by Gasteiger charge is 2.07. The lowest BCUT2D eigenvalue weighted by molar-refractivity contribution is 0.0648. The van der Waals surface area contributed by atoms with Gasteiger partial charge in [0.15, 0.2) is 0 Å². The summed E-state index contributed by atoms with van der Waals surface area (Å²) in [6.45, 7) is 97.0. The van der Waals surface area contributed by atoms with Gasteiger partial charge in [0.1, 0.15) is 37.1 Å².